The number of rotatable bonds is 1. The number of anilines is 1. The second-order valence-electron chi connectivity index (χ2n) is 8.33. The van der Waals surface area contributed by atoms with Gasteiger partial charge < -0.3 is 10.1 Å². The molecule has 0 fully saturated rings. The van der Waals surface area contributed by atoms with Gasteiger partial charge in [0.25, 0.3) is 0 Å². The van der Waals surface area contributed by atoms with E-state index in [-0.39, 0.29) is 11.1 Å². The summed E-state index contributed by atoms with van der Waals surface area (Å²) in [6.45, 7) is 6.30. The van der Waals surface area contributed by atoms with Gasteiger partial charge in [0.2, 0.25) is 0 Å². The van der Waals surface area contributed by atoms with E-state index in [4.69, 9.17) is 4.74 Å². The Labute approximate surface area is 174 Å². The third-order valence-corrected chi connectivity index (χ3v) is 5.55. The Kier molecular flexibility index (Phi) is 4.07. The Hall–Kier alpha value is -3.40. The van der Waals surface area contributed by atoms with Crippen LogP contribution in [0.5, 0.6) is 5.75 Å². The quantitative estimate of drug-likeness (QED) is 0.468. The zero-order chi connectivity index (χ0) is 21.0. The van der Waals surface area contributed by atoms with Gasteiger partial charge in [-0.15, -0.1) is 0 Å². The number of para-hydroxylation sites is 1. The zero-order valence-electron chi connectivity index (χ0n) is 17.0. The fourth-order valence-electron chi connectivity index (χ4n) is 4.42. The van der Waals surface area contributed by atoms with Gasteiger partial charge in [-0.25, -0.2) is 8.78 Å². The number of halogens is 2. The van der Waals surface area contributed by atoms with Crippen LogP contribution in [-0.4, -0.2) is 5.54 Å². The lowest BCUT2D eigenvalue weighted by Crippen LogP contribution is -2.32. The number of nitrogens with one attached hydrogen (secondary N) is 1. The number of allylic oxidation sites excluding steroid dienone is 1. The van der Waals surface area contributed by atoms with E-state index in [1.165, 1.54) is 6.07 Å². The molecule has 0 radical (unpaired) electrons. The van der Waals surface area contributed by atoms with Gasteiger partial charge in [-0.2, -0.15) is 0 Å². The molecule has 0 saturated carbocycles. The summed E-state index contributed by atoms with van der Waals surface area (Å²) in [7, 11) is 0. The first kappa shape index (κ1) is 18.6. The van der Waals surface area contributed by atoms with Crippen LogP contribution >= 0.6 is 0 Å². The number of hydrogen-bond acceptors (Lipinski definition) is 2. The molecule has 0 unspecified atom stereocenters. The van der Waals surface area contributed by atoms with Crippen molar-refractivity contribution in [3.63, 3.8) is 0 Å². The molecule has 1 N–H and O–H groups in total. The Morgan fingerprint density at radius 3 is 2.53 bits per heavy atom. The van der Waals surface area contributed by atoms with Crippen LogP contribution in [0, 0.1) is 11.6 Å². The molecule has 0 spiro atoms. The third-order valence-electron chi connectivity index (χ3n) is 5.55. The number of fused-ring (bicyclic) bond motifs is 5. The minimum Gasteiger partial charge on any atom is -0.456 e. The summed E-state index contributed by atoms with van der Waals surface area (Å²) >= 11 is 0. The van der Waals surface area contributed by atoms with E-state index in [1.807, 2.05) is 24.3 Å². The van der Waals surface area contributed by atoms with Crippen molar-refractivity contribution >= 4 is 23.1 Å². The zero-order valence-corrected chi connectivity index (χ0v) is 17.0. The molecule has 2 aliphatic heterocycles. The molecule has 0 amide bonds. The van der Waals surface area contributed by atoms with Crippen molar-refractivity contribution in [3.8, 4) is 16.9 Å². The highest BCUT2D eigenvalue weighted by Gasteiger charge is 2.31. The van der Waals surface area contributed by atoms with Crippen molar-refractivity contribution in [3.05, 3.63) is 89.0 Å². The van der Waals surface area contributed by atoms with Crippen LogP contribution in [0.4, 0.5) is 14.5 Å². The van der Waals surface area contributed by atoms with Gasteiger partial charge in [-0.1, -0.05) is 42.5 Å². The fourth-order valence-corrected chi connectivity index (χ4v) is 4.42. The molecular weight excluding hydrogens is 380 g/mol. The molecule has 3 aromatic rings. The Bertz CT molecular complexity index is 1250. The maximum Gasteiger partial charge on any atom is 0.166 e. The van der Waals surface area contributed by atoms with E-state index in [0.717, 1.165) is 39.6 Å². The van der Waals surface area contributed by atoms with Crippen LogP contribution < -0.4 is 10.1 Å². The molecule has 3 aromatic carbocycles. The van der Waals surface area contributed by atoms with E-state index in [2.05, 4.69) is 44.3 Å². The number of benzene rings is 3. The Morgan fingerprint density at radius 1 is 0.900 bits per heavy atom. The van der Waals surface area contributed by atoms with Gasteiger partial charge in [-0.3, -0.25) is 0 Å². The molecule has 0 bridgehead atoms. The molecule has 30 heavy (non-hydrogen) atoms. The Balaban J connectivity index is 1.81. The van der Waals surface area contributed by atoms with Gasteiger partial charge in [-0.05, 0) is 56.2 Å². The largest absolute Gasteiger partial charge is 0.456 e. The normalized spacial score (nSPS) is 17.2. The van der Waals surface area contributed by atoms with Crippen LogP contribution in [0.15, 0.2) is 60.7 Å². The van der Waals surface area contributed by atoms with E-state index >= 15 is 0 Å². The first-order valence-electron chi connectivity index (χ1n) is 9.92. The Morgan fingerprint density at radius 2 is 1.70 bits per heavy atom. The second-order valence-corrected chi connectivity index (χ2v) is 8.33. The lowest BCUT2D eigenvalue weighted by atomic mass is 9.83. The second kappa shape index (κ2) is 6.56. The van der Waals surface area contributed by atoms with E-state index in [0.29, 0.717) is 11.5 Å². The topological polar surface area (TPSA) is 21.3 Å². The first-order valence-corrected chi connectivity index (χ1v) is 9.92. The fraction of sp³-hybridized carbons (Fsp3) is 0.154. The highest BCUT2D eigenvalue weighted by atomic mass is 19.2. The van der Waals surface area contributed by atoms with E-state index in [1.54, 1.807) is 12.1 Å². The van der Waals surface area contributed by atoms with Crippen molar-refractivity contribution in [2.45, 2.75) is 26.3 Å². The maximum atomic E-state index is 14.4. The molecule has 2 nitrogen and oxygen atoms in total. The predicted octanol–water partition coefficient (Wildman–Crippen LogP) is 7.13. The molecule has 2 aliphatic rings. The van der Waals surface area contributed by atoms with Crippen LogP contribution in [0.25, 0.3) is 28.5 Å². The summed E-state index contributed by atoms with van der Waals surface area (Å²) < 4.78 is 34.5. The average Bonchev–Trinajstić information content (AvgIpc) is 2.70. The average molecular weight is 401 g/mol. The van der Waals surface area contributed by atoms with Gasteiger partial charge in [0, 0.05) is 27.9 Å². The minimum absolute atomic E-state index is 0.152. The van der Waals surface area contributed by atoms with E-state index < -0.39 is 11.6 Å². The molecule has 5 rings (SSSR count). The summed E-state index contributed by atoms with van der Waals surface area (Å²) in [5.41, 5.74) is 5.95. The summed E-state index contributed by atoms with van der Waals surface area (Å²) in [5, 5.41) is 3.55. The molecule has 4 heteroatoms. The van der Waals surface area contributed by atoms with E-state index in [9.17, 15) is 8.78 Å². The minimum atomic E-state index is -0.884. The lowest BCUT2D eigenvalue weighted by Gasteiger charge is -2.35. The van der Waals surface area contributed by atoms with Crippen LogP contribution in [0.3, 0.4) is 0 Å². The van der Waals surface area contributed by atoms with Gasteiger partial charge in [0.05, 0.1) is 5.54 Å². The first-order chi connectivity index (χ1) is 14.3. The number of ether oxygens (including phenoxy) is 1. The van der Waals surface area contributed by atoms with Gasteiger partial charge in [0.15, 0.2) is 11.6 Å². The van der Waals surface area contributed by atoms with Crippen molar-refractivity contribution < 1.29 is 13.5 Å². The summed E-state index contributed by atoms with van der Waals surface area (Å²) in [6.07, 6.45) is 3.76. The van der Waals surface area contributed by atoms with Crippen LogP contribution in [0.1, 0.15) is 37.5 Å². The van der Waals surface area contributed by atoms with Gasteiger partial charge in [0.1, 0.15) is 11.5 Å². The standard InChI is InChI=1S/C26H21F2NO/c1-15-14-26(2,3)29-20-12-11-18-17-8-4-5-10-21(17)30-22(24(18)23(15)20)13-16-7-6-9-19(27)25(16)28/h4-14,29H,1-3H3/b22-13-. The monoisotopic (exact) mass is 401 g/mol. The van der Waals surface area contributed by atoms with Crippen molar-refractivity contribution in [2.75, 3.05) is 5.32 Å². The van der Waals surface area contributed by atoms with Crippen LogP contribution in [-0.2, 0) is 0 Å². The molecule has 0 aromatic heterocycles. The summed E-state index contributed by atoms with van der Waals surface area (Å²) in [6, 6.07) is 16.1. The maximum absolute atomic E-state index is 14.4. The summed E-state index contributed by atoms with van der Waals surface area (Å²) in [5.74, 6) is -0.571. The molecule has 0 atom stereocenters. The van der Waals surface area contributed by atoms with Crippen molar-refractivity contribution in [1.82, 2.24) is 0 Å². The third kappa shape index (κ3) is 2.91. The lowest BCUT2D eigenvalue weighted by molar-refractivity contribution is 0.503. The SMILES string of the molecule is CC1=CC(C)(C)Nc2ccc3c(c21)/C(=C/c1cccc(F)c1F)Oc1ccccc1-3. The summed E-state index contributed by atoms with van der Waals surface area (Å²) in [4.78, 5) is 0. The molecule has 0 saturated heterocycles. The molecule has 2 heterocycles. The van der Waals surface area contributed by atoms with Gasteiger partial charge >= 0.3 is 0 Å². The highest BCUT2D eigenvalue weighted by molar-refractivity contribution is 6.00. The number of hydrogen-bond donors (Lipinski definition) is 1. The van der Waals surface area contributed by atoms with Crippen LogP contribution in [0.2, 0.25) is 0 Å². The highest BCUT2D eigenvalue weighted by Crippen LogP contribution is 2.49. The molecule has 0 aliphatic carbocycles. The van der Waals surface area contributed by atoms with Crippen molar-refractivity contribution in [2.24, 2.45) is 0 Å². The molecular formula is C26H21F2NO. The van der Waals surface area contributed by atoms with Crippen molar-refractivity contribution in [1.29, 1.82) is 0 Å². The smallest absolute Gasteiger partial charge is 0.166 e. The molecule has 150 valence electrons. The predicted molar refractivity (Wildman–Crippen MR) is 118 cm³/mol.